The zero-order valence-electron chi connectivity index (χ0n) is 16.0. The molecule has 0 bridgehead atoms. The summed E-state index contributed by atoms with van der Waals surface area (Å²) >= 11 is 0. The van der Waals surface area contributed by atoms with Crippen LogP contribution >= 0.6 is 0 Å². The lowest BCUT2D eigenvalue weighted by Gasteiger charge is -2.16. The van der Waals surface area contributed by atoms with Crippen LogP contribution in [0.5, 0.6) is 11.5 Å². The molecule has 3 aromatic carbocycles. The number of benzene rings is 3. The molecule has 0 saturated heterocycles. The number of nitrogens with one attached hydrogen (secondary N) is 2. The number of carbonyl (C=O) groups excluding carboxylic acids is 2. The van der Waals surface area contributed by atoms with E-state index in [0.29, 0.717) is 17.2 Å². The summed E-state index contributed by atoms with van der Waals surface area (Å²) in [6.45, 7) is 1.72. The molecule has 0 aliphatic rings. The summed E-state index contributed by atoms with van der Waals surface area (Å²) in [5, 5.41) is 5.30. The molecule has 1 atom stereocenters. The maximum Gasteiger partial charge on any atom is 0.408 e. The van der Waals surface area contributed by atoms with Crippen LogP contribution in [0.4, 0.5) is 10.5 Å². The highest BCUT2D eigenvalue weighted by Gasteiger charge is 2.18. The number of amides is 2. The molecular weight excluding hydrogens is 368 g/mol. The first-order chi connectivity index (χ1) is 14.1. The third-order valence-electron chi connectivity index (χ3n) is 4.06. The molecule has 0 fully saturated rings. The Balaban J connectivity index is 1.55. The third-order valence-corrected chi connectivity index (χ3v) is 4.06. The van der Waals surface area contributed by atoms with E-state index in [1.54, 1.807) is 25.1 Å². The van der Waals surface area contributed by atoms with Crippen LogP contribution in [-0.2, 0) is 16.1 Å². The number of ether oxygens (including phenoxy) is 2. The SMILES string of the molecule is C[C@H](NC(=O)OCc1ccccc1)C(=O)Nc1ccccc1Oc1ccccc1. The molecule has 0 heterocycles. The summed E-state index contributed by atoms with van der Waals surface area (Å²) in [7, 11) is 0. The Morgan fingerprint density at radius 3 is 2.21 bits per heavy atom. The monoisotopic (exact) mass is 390 g/mol. The summed E-state index contributed by atoms with van der Waals surface area (Å²) < 4.78 is 11.0. The summed E-state index contributed by atoms with van der Waals surface area (Å²) in [5.41, 5.74) is 1.37. The molecule has 0 saturated carbocycles. The number of para-hydroxylation sites is 3. The number of hydrogen-bond donors (Lipinski definition) is 2. The summed E-state index contributed by atoms with van der Waals surface area (Å²) in [4.78, 5) is 24.4. The maximum atomic E-state index is 12.5. The van der Waals surface area contributed by atoms with E-state index < -0.39 is 12.1 Å². The molecule has 0 aromatic heterocycles. The Morgan fingerprint density at radius 1 is 0.862 bits per heavy atom. The van der Waals surface area contributed by atoms with Crippen LogP contribution in [0.2, 0.25) is 0 Å². The van der Waals surface area contributed by atoms with Gasteiger partial charge < -0.3 is 20.1 Å². The zero-order chi connectivity index (χ0) is 20.5. The lowest BCUT2D eigenvalue weighted by Crippen LogP contribution is -2.41. The topological polar surface area (TPSA) is 76.7 Å². The van der Waals surface area contributed by atoms with Crippen LogP contribution in [0.15, 0.2) is 84.9 Å². The Bertz CT molecular complexity index is 945. The van der Waals surface area contributed by atoms with E-state index in [1.807, 2.05) is 66.7 Å². The van der Waals surface area contributed by atoms with Crippen molar-refractivity contribution in [2.75, 3.05) is 5.32 Å². The molecule has 6 heteroatoms. The van der Waals surface area contributed by atoms with E-state index in [0.717, 1.165) is 5.56 Å². The molecule has 3 rings (SSSR count). The number of carbonyl (C=O) groups is 2. The smallest absolute Gasteiger partial charge is 0.408 e. The lowest BCUT2D eigenvalue weighted by molar-refractivity contribution is -0.117. The molecular formula is C23H22N2O4. The van der Waals surface area contributed by atoms with Crippen molar-refractivity contribution in [2.24, 2.45) is 0 Å². The van der Waals surface area contributed by atoms with Gasteiger partial charge >= 0.3 is 6.09 Å². The second-order valence-corrected chi connectivity index (χ2v) is 6.33. The van der Waals surface area contributed by atoms with Gasteiger partial charge in [-0.05, 0) is 36.8 Å². The molecule has 3 aromatic rings. The van der Waals surface area contributed by atoms with E-state index in [2.05, 4.69) is 10.6 Å². The van der Waals surface area contributed by atoms with Gasteiger partial charge in [0.1, 0.15) is 18.4 Å². The lowest BCUT2D eigenvalue weighted by atomic mass is 10.2. The molecule has 0 unspecified atom stereocenters. The Morgan fingerprint density at radius 2 is 1.48 bits per heavy atom. The van der Waals surface area contributed by atoms with Gasteiger partial charge in [-0.25, -0.2) is 4.79 Å². The van der Waals surface area contributed by atoms with Crippen molar-refractivity contribution in [1.29, 1.82) is 0 Å². The van der Waals surface area contributed by atoms with Gasteiger partial charge in [-0.2, -0.15) is 0 Å². The molecule has 0 aliphatic carbocycles. The predicted molar refractivity (Wildman–Crippen MR) is 111 cm³/mol. The van der Waals surface area contributed by atoms with Crippen molar-refractivity contribution in [2.45, 2.75) is 19.6 Å². The summed E-state index contributed by atoms with van der Waals surface area (Å²) in [6, 6.07) is 24.9. The first-order valence-corrected chi connectivity index (χ1v) is 9.22. The number of anilines is 1. The van der Waals surface area contributed by atoms with Crippen molar-refractivity contribution in [3.8, 4) is 11.5 Å². The molecule has 2 amide bonds. The van der Waals surface area contributed by atoms with Crippen LogP contribution < -0.4 is 15.4 Å². The van der Waals surface area contributed by atoms with Crippen molar-refractivity contribution in [3.05, 3.63) is 90.5 Å². The standard InChI is InChI=1S/C23H22N2O4/c1-17(24-23(27)28-16-18-10-4-2-5-11-18)22(26)25-20-14-8-9-15-21(20)29-19-12-6-3-7-13-19/h2-15,17H,16H2,1H3,(H,24,27)(H,25,26)/t17-/m0/s1. The van der Waals surface area contributed by atoms with E-state index in [4.69, 9.17) is 9.47 Å². The average Bonchev–Trinajstić information content (AvgIpc) is 2.75. The third kappa shape index (κ3) is 6.10. The second-order valence-electron chi connectivity index (χ2n) is 6.33. The molecule has 0 radical (unpaired) electrons. The van der Waals surface area contributed by atoms with Gasteiger partial charge in [-0.1, -0.05) is 60.7 Å². The van der Waals surface area contributed by atoms with Crippen LogP contribution in [0, 0.1) is 0 Å². The zero-order valence-corrected chi connectivity index (χ0v) is 16.0. The van der Waals surface area contributed by atoms with Gasteiger partial charge in [0.05, 0.1) is 5.69 Å². The van der Waals surface area contributed by atoms with Crippen LogP contribution in [0.3, 0.4) is 0 Å². The summed E-state index contributed by atoms with van der Waals surface area (Å²) in [5.74, 6) is 0.779. The maximum absolute atomic E-state index is 12.5. The minimum atomic E-state index is -0.789. The first kappa shape index (κ1) is 19.9. The Labute approximate surface area is 169 Å². The average molecular weight is 390 g/mol. The quantitative estimate of drug-likeness (QED) is 0.611. The first-order valence-electron chi connectivity index (χ1n) is 9.22. The molecule has 29 heavy (non-hydrogen) atoms. The second kappa shape index (κ2) is 9.94. The molecule has 2 N–H and O–H groups in total. The Kier molecular flexibility index (Phi) is 6.84. The number of alkyl carbamates (subject to hydrolysis) is 1. The van der Waals surface area contributed by atoms with E-state index in [-0.39, 0.29) is 12.5 Å². The van der Waals surface area contributed by atoms with Gasteiger partial charge in [0, 0.05) is 0 Å². The Hall–Kier alpha value is -3.80. The van der Waals surface area contributed by atoms with Gasteiger partial charge in [0.2, 0.25) is 5.91 Å². The van der Waals surface area contributed by atoms with Gasteiger partial charge in [0.15, 0.2) is 5.75 Å². The molecule has 6 nitrogen and oxygen atoms in total. The van der Waals surface area contributed by atoms with E-state index in [1.165, 1.54) is 0 Å². The van der Waals surface area contributed by atoms with Gasteiger partial charge in [-0.15, -0.1) is 0 Å². The highest BCUT2D eigenvalue weighted by molar-refractivity contribution is 5.97. The fourth-order valence-corrected chi connectivity index (χ4v) is 2.52. The van der Waals surface area contributed by atoms with Crippen LogP contribution in [0.1, 0.15) is 12.5 Å². The van der Waals surface area contributed by atoms with E-state index in [9.17, 15) is 9.59 Å². The van der Waals surface area contributed by atoms with Crippen LogP contribution in [-0.4, -0.2) is 18.0 Å². The van der Waals surface area contributed by atoms with Gasteiger partial charge in [-0.3, -0.25) is 4.79 Å². The highest BCUT2D eigenvalue weighted by Crippen LogP contribution is 2.29. The molecule has 148 valence electrons. The largest absolute Gasteiger partial charge is 0.455 e. The van der Waals surface area contributed by atoms with Crippen molar-refractivity contribution in [3.63, 3.8) is 0 Å². The fourth-order valence-electron chi connectivity index (χ4n) is 2.52. The van der Waals surface area contributed by atoms with Gasteiger partial charge in [0.25, 0.3) is 0 Å². The van der Waals surface area contributed by atoms with Crippen molar-refractivity contribution >= 4 is 17.7 Å². The fraction of sp³-hybridized carbons (Fsp3) is 0.130. The normalized spacial score (nSPS) is 11.2. The minimum Gasteiger partial charge on any atom is -0.455 e. The van der Waals surface area contributed by atoms with Crippen molar-refractivity contribution < 1.29 is 19.1 Å². The predicted octanol–water partition coefficient (Wildman–Crippen LogP) is 4.73. The molecule has 0 spiro atoms. The minimum absolute atomic E-state index is 0.134. The number of rotatable bonds is 7. The molecule has 0 aliphatic heterocycles. The van der Waals surface area contributed by atoms with Crippen LogP contribution in [0.25, 0.3) is 0 Å². The highest BCUT2D eigenvalue weighted by atomic mass is 16.5. The summed E-state index contributed by atoms with van der Waals surface area (Å²) in [6.07, 6.45) is -0.662. The van der Waals surface area contributed by atoms with Crippen molar-refractivity contribution in [1.82, 2.24) is 5.32 Å². The van der Waals surface area contributed by atoms with E-state index >= 15 is 0 Å². The number of hydrogen-bond acceptors (Lipinski definition) is 4.